The molecule has 0 spiro atoms. The predicted octanol–water partition coefficient (Wildman–Crippen LogP) is 2.57. The lowest BCUT2D eigenvalue weighted by molar-refractivity contribution is -0.117. The van der Waals surface area contributed by atoms with Crippen LogP contribution in [0.1, 0.15) is 12.0 Å². The van der Waals surface area contributed by atoms with Crippen molar-refractivity contribution in [1.29, 1.82) is 0 Å². The quantitative estimate of drug-likeness (QED) is 0.733. The molecule has 0 aromatic heterocycles. The number of hydrogen-bond donors (Lipinski definition) is 0. The monoisotopic (exact) mass is 200 g/mol. The van der Waals surface area contributed by atoms with Gasteiger partial charge in [0.25, 0.3) is 0 Å². The average Bonchev–Trinajstić information content (AvgIpc) is 2.28. The molecule has 1 aromatic rings. The summed E-state index contributed by atoms with van der Waals surface area (Å²) in [6.45, 7) is 0. The maximum atomic E-state index is 11.1. The first-order chi connectivity index (χ1) is 7.34. The molecule has 15 heavy (non-hydrogen) atoms. The number of ketones is 1. The summed E-state index contributed by atoms with van der Waals surface area (Å²) < 4.78 is 5.28. The Kier molecular flexibility index (Phi) is 2.98. The standard InChI is InChI=1S/C13H12O2/c14-12-8-9-15-13(10-12)7-6-11-4-2-1-3-5-11/h1-9,13H,10H2/b7-6+/t13-/m0/s1. The molecule has 1 heterocycles. The number of carbonyl (C=O) groups is 1. The lowest BCUT2D eigenvalue weighted by atomic mass is 10.1. The third-order valence-electron chi connectivity index (χ3n) is 2.21. The highest BCUT2D eigenvalue weighted by molar-refractivity contribution is 5.90. The Hall–Kier alpha value is -1.83. The van der Waals surface area contributed by atoms with Gasteiger partial charge in [-0.3, -0.25) is 4.79 Å². The van der Waals surface area contributed by atoms with Gasteiger partial charge in [-0.15, -0.1) is 0 Å². The molecule has 0 saturated carbocycles. The topological polar surface area (TPSA) is 26.3 Å². The number of benzene rings is 1. The van der Waals surface area contributed by atoms with Crippen LogP contribution in [0.5, 0.6) is 0 Å². The van der Waals surface area contributed by atoms with Crippen LogP contribution < -0.4 is 0 Å². The molecule has 1 aromatic carbocycles. The van der Waals surface area contributed by atoms with E-state index in [0.717, 1.165) is 5.56 Å². The zero-order chi connectivity index (χ0) is 10.5. The Bertz CT molecular complexity index is 390. The van der Waals surface area contributed by atoms with Gasteiger partial charge in [-0.1, -0.05) is 36.4 Å². The van der Waals surface area contributed by atoms with Crippen LogP contribution in [0, 0.1) is 0 Å². The van der Waals surface area contributed by atoms with E-state index in [-0.39, 0.29) is 11.9 Å². The van der Waals surface area contributed by atoms with Crippen LogP contribution in [0.25, 0.3) is 6.08 Å². The molecule has 76 valence electrons. The van der Waals surface area contributed by atoms with Gasteiger partial charge in [-0.05, 0) is 11.6 Å². The first-order valence-corrected chi connectivity index (χ1v) is 4.93. The molecular formula is C13H12O2. The van der Waals surface area contributed by atoms with E-state index in [0.29, 0.717) is 6.42 Å². The lowest BCUT2D eigenvalue weighted by Gasteiger charge is -2.14. The smallest absolute Gasteiger partial charge is 0.162 e. The van der Waals surface area contributed by atoms with Crippen LogP contribution >= 0.6 is 0 Å². The first-order valence-electron chi connectivity index (χ1n) is 4.93. The molecule has 0 fully saturated rings. The van der Waals surface area contributed by atoms with E-state index in [1.165, 1.54) is 12.3 Å². The van der Waals surface area contributed by atoms with Crippen molar-refractivity contribution in [2.75, 3.05) is 0 Å². The van der Waals surface area contributed by atoms with Gasteiger partial charge in [-0.2, -0.15) is 0 Å². The van der Waals surface area contributed by atoms with E-state index in [9.17, 15) is 4.79 Å². The van der Waals surface area contributed by atoms with Crippen LogP contribution in [0.4, 0.5) is 0 Å². The Morgan fingerprint density at radius 3 is 2.80 bits per heavy atom. The minimum Gasteiger partial charge on any atom is -0.493 e. The van der Waals surface area contributed by atoms with E-state index >= 15 is 0 Å². The van der Waals surface area contributed by atoms with Gasteiger partial charge in [0.15, 0.2) is 5.78 Å². The second-order valence-electron chi connectivity index (χ2n) is 3.42. The van der Waals surface area contributed by atoms with Crippen molar-refractivity contribution in [3.63, 3.8) is 0 Å². The molecule has 2 nitrogen and oxygen atoms in total. The summed E-state index contributed by atoms with van der Waals surface area (Å²) in [6.07, 6.45) is 7.12. The molecule has 2 heteroatoms. The number of rotatable bonds is 2. The maximum absolute atomic E-state index is 11.1. The summed E-state index contributed by atoms with van der Waals surface area (Å²) in [5.74, 6) is 0.115. The molecule has 0 bridgehead atoms. The van der Waals surface area contributed by atoms with Crippen LogP contribution in [-0.4, -0.2) is 11.9 Å². The Morgan fingerprint density at radius 1 is 1.27 bits per heavy atom. The van der Waals surface area contributed by atoms with Crippen molar-refractivity contribution >= 4 is 11.9 Å². The number of hydrogen-bond acceptors (Lipinski definition) is 2. The van der Waals surface area contributed by atoms with Gasteiger partial charge in [-0.25, -0.2) is 0 Å². The molecule has 1 aliphatic rings. The Morgan fingerprint density at radius 2 is 2.07 bits per heavy atom. The molecule has 0 radical (unpaired) electrons. The summed E-state index contributed by atoms with van der Waals surface area (Å²) in [5.41, 5.74) is 1.11. The fourth-order valence-corrected chi connectivity index (χ4v) is 1.43. The predicted molar refractivity (Wildman–Crippen MR) is 59.1 cm³/mol. The van der Waals surface area contributed by atoms with Crippen molar-refractivity contribution in [1.82, 2.24) is 0 Å². The van der Waals surface area contributed by atoms with E-state index in [2.05, 4.69) is 0 Å². The summed E-state index contributed by atoms with van der Waals surface area (Å²) in [7, 11) is 0. The molecule has 1 aliphatic heterocycles. The highest BCUT2D eigenvalue weighted by atomic mass is 16.5. The van der Waals surface area contributed by atoms with E-state index in [4.69, 9.17) is 4.74 Å². The molecule has 0 saturated heterocycles. The molecule has 0 N–H and O–H groups in total. The van der Waals surface area contributed by atoms with E-state index in [1.807, 2.05) is 42.5 Å². The fraction of sp³-hybridized carbons (Fsp3) is 0.154. The van der Waals surface area contributed by atoms with Crippen LogP contribution in [-0.2, 0) is 9.53 Å². The average molecular weight is 200 g/mol. The molecule has 0 aliphatic carbocycles. The molecular weight excluding hydrogens is 188 g/mol. The van der Waals surface area contributed by atoms with E-state index < -0.39 is 0 Å². The highest BCUT2D eigenvalue weighted by Crippen LogP contribution is 2.11. The van der Waals surface area contributed by atoms with Gasteiger partial charge in [0.05, 0.1) is 12.7 Å². The van der Waals surface area contributed by atoms with Gasteiger partial charge >= 0.3 is 0 Å². The summed E-state index contributed by atoms with van der Waals surface area (Å²) >= 11 is 0. The largest absolute Gasteiger partial charge is 0.493 e. The van der Waals surface area contributed by atoms with E-state index in [1.54, 1.807) is 0 Å². The summed E-state index contributed by atoms with van der Waals surface area (Å²) in [5, 5.41) is 0. The first kappa shape index (κ1) is 9.71. The van der Waals surface area contributed by atoms with Crippen molar-refractivity contribution in [3.05, 3.63) is 54.3 Å². The van der Waals surface area contributed by atoms with Crippen molar-refractivity contribution in [3.8, 4) is 0 Å². The zero-order valence-electron chi connectivity index (χ0n) is 8.30. The normalized spacial score (nSPS) is 20.5. The third kappa shape index (κ3) is 2.81. The van der Waals surface area contributed by atoms with Crippen molar-refractivity contribution < 1.29 is 9.53 Å². The van der Waals surface area contributed by atoms with Crippen molar-refractivity contribution in [2.45, 2.75) is 12.5 Å². The lowest BCUT2D eigenvalue weighted by Crippen LogP contribution is -2.15. The summed E-state index contributed by atoms with van der Waals surface area (Å²) in [6, 6.07) is 9.95. The molecule has 0 amide bonds. The fourth-order valence-electron chi connectivity index (χ4n) is 1.43. The van der Waals surface area contributed by atoms with Crippen LogP contribution in [0.3, 0.4) is 0 Å². The minimum atomic E-state index is -0.122. The van der Waals surface area contributed by atoms with Crippen LogP contribution in [0.2, 0.25) is 0 Å². The Balaban J connectivity index is 2.00. The van der Waals surface area contributed by atoms with Gasteiger partial charge in [0, 0.05) is 6.08 Å². The number of allylic oxidation sites excluding steroid dienone is 1. The molecule has 1 atom stereocenters. The number of ether oxygens (including phenoxy) is 1. The third-order valence-corrected chi connectivity index (χ3v) is 2.21. The van der Waals surface area contributed by atoms with Gasteiger partial charge < -0.3 is 4.74 Å². The SMILES string of the molecule is O=C1C=CO[C@@H](/C=C/c2ccccc2)C1. The molecule has 0 unspecified atom stereocenters. The Labute approximate surface area is 88.9 Å². The van der Waals surface area contributed by atoms with Gasteiger partial charge in [0.1, 0.15) is 6.10 Å². The highest BCUT2D eigenvalue weighted by Gasteiger charge is 2.12. The number of carbonyl (C=O) groups excluding carboxylic acids is 1. The second kappa shape index (κ2) is 4.60. The molecule has 2 rings (SSSR count). The minimum absolute atomic E-state index is 0.115. The maximum Gasteiger partial charge on any atom is 0.162 e. The zero-order valence-corrected chi connectivity index (χ0v) is 8.30. The van der Waals surface area contributed by atoms with Gasteiger partial charge in [0.2, 0.25) is 0 Å². The second-order valence-corrected chi connectivity index (χ2v) is 3.42. The van der Waals surface area contributed by atoms with Crippen LogP contribution in [0.15, 0.2) is 48.7 Å². The van der Waals surface area contributed by atoms with Crippen molar-refractivity contribution in [2.24, 2.45) is 0 Å². The summed E-state index contributed by atoms with van der Waals surface area (Å²) in [4.78, 5) is 11.1.